The molecule has 1 aliphatic heterocycles. The van der Waals surface area contributed by atoms with Gasteiger partial charge in [-0.1, -0.05) is 60.1 Å². The summed E-state index contributed by atoms with van der Waals surface area (Å²) in [6.45, 7) is 1.86. The molecule has 4 heteroatoms. The molecule has 5 rings (SSSR count). The summed E-state index contributed by atoms with van der Waals surface area (Å²) < 4.78 is 0. The fourth-order valence-electron chi connectivity index (χ4n) is 3.89. The van der Waals surface area contributed by atoms with Crippen molar-refractivity contribution in [1.29, 1.82) is 0 Å². The molecule has 3 aromatic carbocycles. The Balaban J connectivity index is 1.48. The summed E-state index contributed by atoms with van der Waals surface area (Å²) in [6.07, 6.45) is 2.85. The molecule has 0 bridgehead atoms. The summed E-state index contributed by atoms with van der Waals surface area (Å²) in [7, 11) is 0. The smallest absolute Gasteiger partial charge is 0.267 e. The van der Waals surface area contributed by atoms with E-state index in [1.54, 1.807) is 12.1 Å². The number of anilines is 1. The molecule has 0 aromatic heterocycles. The van der Waals surface area contributed by atoms with Crippen molar-refractivity contribution < 1.29 is 4.79 Å². The highest BCUT2D eigenvalue weighted by atomic mass is 35.5. The number of carbonyl (C=O) groups excluding carboxylic acids is 1. The van der Waals surface area contributed by atoms with E-state index in [-0.39, 0.29) is 5.91 Å². The molecule has 1 amide bonds. The molecule has 0 N–H and O–H groups in total. The molecule has 0 spiro atoms. The van der Waals surface area contributed by atoms with Crippen LogP contribution in [0.25, 0.3) is 17.2 Å². The van der Waals surface area contributed by atoms with Crippen molar-refractivity contribution in [1.82, 2.24) is 0 Å². The van der Waals surface area contributed by atoms with Gasteiger partial charge in [0, 0.05) is 5.02 Å². The number of nitrogens with zero attached hydrogens (tertiary/aromatic N) is 2. The van der Waals surface area contributed by atoms with Crippen LogP contribution in [0.15, 0.2) is 77.4 Å². The van der Waals surface area contributed by atoms with E-state index < -0.39 is 0 Å². The molecular formula is C24H17ClN2O. The van der Waals surface area contributed by atoms with Crippen LogP contribution >= 0.6 is 11.6 Å². The monoisotopic (exact) mass is 384 g/mol. The van der Waals surface area contributed by atoms with Gasteiger partial charge in [-0.3, -0.25) is 4.79 Å². The second-order valence-corrected chi connectivity index (χ2v) is 7.53. The maximum atomic E-state index is 12.9. The van der Waals surface area contributed by atoms with Gasteiger partial charge in [-0.15, -0.1) is 0 Å². The van der Waals surface area contributed by atoms with Gasteiger partial charge in [-0.25, -0.2) is 0 Å². The molecule has 1 aliphatic carbocycles. The summed E-state index contributed by atoms with van der Waals surface area (Å²) in [5.74, 6) is -0.136. The van der Waals surface area contributed by atoms with Crippen molar-refractivity contribution in [3.05, 3.63) is 94.0 Å². The predicted molar refractivity (Wildman–Crippen MR) is 115 cm³/mol. The van der Waals surface area contributed by atoms with Crippen molar-refractivity contribution in [2.45, 2.75) is 13.3 Å². The number of benzene rings is 3. The molecule has 2 aliphatic rings. The number of rotatable bonds is 2. The first-order chi connectivity index (χ1) is 13.6. The lowest BCUT2D eigenvalue weighted by Gasteiger charge is -2.11. The van der Waals surface area contributed by atoms with Crippen molar-refractivity contribution in [2.24, 2.45) is 5.10 Å². The maximum Gasteiger partial charge on any atom is 0.280 e. The summed E-state index contributed by atoms with van der Waals surface area (Å²) in [5, 5.41) is 6.43. The van der Waals surface area contributed by atoms with E-state index in [1.165, 1.54) is 27.3 Å². The Hall–Kier alpha value is -3.17. The first-order valence-electron chi connectivity index (χ1n) is 9.19. The van der Waals surface area contributed by atoms with Crippen LogP contribution in [0.2, 0.25) is 5.02 Å². The zero-order chi connectivity index (χ0) is 19.3. The fraction of sp³-hybridized carbons (Fsp3) is 0.0833. The van der Waals surface area contributed by atoms with Crippen molar-refractivity contribution in [3.8, 4) is 11.1 Å². The third kappa shape index (κ3) is 2.76. The minimum Gasteiger partial charge on any atom is -0.267 e. The van der Waals surface area contributed by atoms with Gasteiger partial charge < -0.3 is 0 Å². The minimum absolute atomic E-state index is 0.136. The first kappa shape index (κ1) is 17.0. The molecule has 0 radical (unpaired) electrons. The standard InChI is InChI=1S/C24H17ClN2O/c1-15-23(24(28)27(26-15)20-7-4-6-19(25)14-20)12-16-9-10-22-18(11-16)13-17-5-2-3-8-21(17)22/h2-12,14H,13H2,1H3/b23-12+. The molecule has 28 heavy (non-hydrogen) atoms. The van der Waals surface area contributed by atoms with Crippen LogP contribution in [-0.2, 0) is 11.2 Å². The molecule has 0 unspecified atom stereocenters. The summed E-state index contributed by atoms with van der Waals surface area (Å²) in [4.78, 5) is 12.9. The van der Waals surface area contributed by atoms with Gasteiger partial charge in [-0.2, -0.15) is 10.1 Å². The molecule has 0 saturated carbocycles. The summed E-state index contributed by atoms with van der Waals surface area (Å²) >= 11 is 6.06. The van der Waals surface area contributed by atoms with E-state index in [0.29, 0.717) is 22.0 Å². The van der Waals surface area contributed by atoms with E-state index in [1.807, 2.05) is 25.1 Å². The van der Waals surface area contributed by atoms with Crippen molar-refractivity contribution in [2.75, 3.05) is 5.01 Å². The number of fused-ring (bicyclic) bond motifs is 3. The Kier molecular flexibility index (Phi) is 3.92. The third-order valence-corrected chi connectivity index (χ3v) is 5.48. The van der Waals surface area contributed by atoms with Gasteiger partial charge in [-0.05, 0) is 65.4 Å². The molecule has 136 valence electrons. The highest BCUT2D eigenvalue weighted by molar-refractivity contribution is 6.33. The Labute approximate surface area is 168 Å². The predicted octanol–water partition coefficient (Wildman–Crippen LogP) is 5.72. The highest BCUT2D eigenvalue weighted by Gasteiger charge is 2.29. The van der Waals surface area contributed by atoms with E-state index in [2.05, 4.69) is 47.6 Å². The van der Waals surface area contributed by atoms with Gasteiger partial charge in [0.2, 0.25) is 0 Å². The van der Waals surface area contributed by atoms with Crippen LogP contribution in [0.3, 0.4) is 0 Å². The van der Waals surface area contributed by atoms with Gasteiger partial charge in [0.1, 0.15) is 0 Å². The molecule has 3 aromatic rings. The molecule has 0 saturated heterocycles. The number of amides is 1. The van der Waals surface area contributed by atoms with Gasteiger partial charge in [0.15, 0.2) is 0 Å². The van der Waals surface area contributed by atoms with E-state index in [0.717, 1.165) is 12.0 Å². The summed E-state index contributed by atoms with van der Waals surface area (Å²) in [5.41, 5.74) is 8.22. The quantitative estimate of drug-likeness (QED) is 0.407. The Morgan fingerprint density at radius 3 is 2.64 bits per heavy atom. The van der Waals surface area contributed by atoms with Crippen LogP contribution in [0.1, 0.15) is 23.6 Å². The zero-order valence-electron chi connectivity index (χ0n) is 15.3. The fourth-order valence-corrected chi connectivity index (χ4v) is 4.07. The second-order valence-electron chi connectivity index (χ2n) is 7.09. The molecule has 0 fully saturated rings. The van der Waals surface area contributed by atoms with Crippen LogP contribution in [0.5, 0.6) is 0 Å². The van der Waals surface area contributed by atoms with Crippen molar-refractivity contribution in [3.63, 3.8) is 0 Å². The number of hydrogen-bond donors (Lipinski definition) is 0. The van der Waals surface area contributed by atoms with Gasteiger partial charge in [0.05, 0.1) is 17.0 Å². The normalized spacial score (nSPS) is 16.4. The second kappa shape index (κ2) is 6.47. The van der Waals surface area contributed by atoms with E-state index in [9.17, 15) is 4.79 Å². The Bertz CT molecular complexity index is 1190. The zero-order valence-corrected chi connectivity index (χ0v) is 16.1. The van der Waals surface area contributed by atoms with Crippen LogP contribution in [0, 0.1) is 0 Å². The van der Waals surface area contributed by atoms with Gasteiger partial charge >= 0.3 is 0 Å². The molecular weight excluding hydrogens is 368 g/mol. The lowest BCUT2D eigenvalue weighted by molar-refractivity contribution is -0.114. The highest BCUT2D eigenvalue weighted by Crippen LogP contribution is 2.37. The van der Waals surface area contributed by atoms with Crippen LogP contribution < -0.4 is 5.01 Å². The Morgan fingerprint density at radius 2 is 1.79 bits per heavy atom. The molecule has 1 heterocycles. The SMILES string of the molecule is CC1=NN(c2cccc(Cl)c2)C(=O)/C1=C/c1ccc2c(c1)Cc1ccccc1-2. The first-order valence-corrected chi connectivity index (χ1v) is 9.56. The van der Waals surface area contributed by atoms with Crippen molar-refractivity contribution >= 4 is 35.0 Å². The summed E-state index contributed by atoms with van der Waals surface area (Å²) in [6, 6.07) is 22.0. The lowest BCUT2D eigenvalue weighted by Crippen LogP contribution is -2.21. The number of hydrogen-bond acceptors (Lipinski definition) is 2. The maximum absolute atomic E-state index is 12.9. The van der Waals surface area contributed by atoms with E-state index >= 15 is 0 Å². The van der Waals surface area contributed by atoms with Gasteiger partial charge in [0.25, 0.3) is 5.91 Å². The minimum atomic E-state index is -0.136. The molecule has 3 nitrogen and oxygen atoms in total. The number of halogens is 1. The van der Waals surface area contributed by atoms with Crippen LogP contribution in [0.4, 0.5) is 5.69 Å². The average molecular weight is 385 g/mol. The Morgan fingerprint density at radius 1 is 0.964 bits per heavy atom. The topological polar surface area (TPSA) is 32.7 Å². The third-order valence-electron chi connectivity index (χ3n) is 5.24. The average Bonchev–Trinajstić information content (AvgIpc) is 3.20. The molecule has 0 atom stereocenters. The van der Waals surface area contributed by atoms with Crippen LogP contribution in [-0.4, -0.2) is 11.6 Å². The van der Waals surface area contributed by atoms with E-state index in [4.69, 9.17) is 11.6 Å². The largest absolute Gasteiger partial charge is 0.280 e. The lowest BCUT2D eigenvalue weighted by atomic mass is 10.0. The number of carbonyl (C=O) groups is 1. The number of hydrazone groups is 1.